The molecule has 33 heavy (non-hydrogen) atoms. The van der Waals surface area contributed by atoms with E-state index < -0.39 is 0 Å². The summed E-state index contributed by atoms with van der Waals surface area (Å²) in [7, 11) is 3.45. The number of benzene rings is 3. The molecular formula is C27H31ClN2O3. The molecule has 0 aromatic heterocycles. The number of hydrogen-bond donors (Lipinski definition) is 0. The van der Waals surface area contributed by atoms with Crippen LogP contribution in [0.3, 0.4) is 0 Å². The maximum absolute atomic E-state index is 6.13. The van der Waals surface area contributed by atoms with Crippen molar-refractivity contribution >= 4 is 18.1 Å². The van der Waals surface area contributed by atoms with Gasteiger partial charge in [-0.2, -0.15) is 0 Å². The Balaban J connectivity index is 0.00000259. The van der Waals surface area contributed by atoms with Gasteiger partial charge in [-0.1, -0.05) is 42.5 Å². The van der Waals surface area contributed by atoms with E-state index in [4.69, 9.17) is 14.2 Å². The topological polar surface area (TPSA) is 34.2 Å². The molecule has 2 heterocycles. The molecule has 0 bridgehead atoms. The van der Waals surface area contributed by atoms with E-state index in [9.17, 15) is 0 Å². The van der Waals surface area contributed by atoms with Crippen molar-refractivity contribution in [3.8, 4) is 28.4 Å². The Kier molecular flexibility index (Phi) is 7.31. The molecule has 1 fully saturated rings. The molecule has 5 rings (SSSR count). The molecule has 3 aromatic carbocycles. The van der Waals surface area contributed by atoms with Crippen LogP contribution in [0.25, 0.3) is 11.1 Å². The zero-order valence-electron chi connectivity index (χ0n) is 19.3. The molecule has 0 N–H and O–H groups in total. The second-order valence-electron chi connectivity index (χ2n) is 8.33. The predicted molar refractivity (Wildman–Crippen MR) is 135 cm³/mol. The number of fused-ring (bicyclic) bond motifs is 3. The standard InChI is InChI=1S/C27H30N2O3.ClH/c1-30-24-10-6-5-9-23(24)29-17-15-28(16-18-29)14-13-20-11-12-25(31-2)27-26(20)22-8-4-3-7-21(22)19-32-27;/h3-12H,13-19H2,1-2H3;1H. The van der Waals surface area contributed by atoms with Crippen molar-refractivity contribution in [1.29, 1.82) is 0 Å². The van der Waals surface area contributed by atoms with E-state index >= 15 is 0 Å². The molecule has 5 nitrogen and oxygen atoms in total. The maximum Gasteiger partial charge on any atom is 0.169 e. The van der Waals surface area contributed by atoms with Crippen LogP contribution in [0.1, 0.15) is 11.1 Å². The molecule has 0 saturated carbocycles. The van der Waals surface area contributed by atoms with Crippen LogP contribution in [0, 0.1) is 0 Å². The van der Waals surface area contributed by atoms with Gasteiger partial charge in [0.25, 0.3) is 0 Å². The minimum atomic E-state index is 0. The molecule has 0 unspecified atom stereocenters. The molecule has 0 radical (unpaired) electrons. The third-order valence-corrected chi connectivity index (χ3v) is 6.58. The Morgan fingerprint density at radius 2 is 1.55 bits per heavy atom. The fraction of sp³-hybridized carbons (Fsp3) is 0.333. The lowest BCUT2D eigenvalue weighted by atomic mass is 9.91. The summed E-state index contributed by atoms with van der Waals surface area (Å²) in [4.78, 5) is 4.98. The van der Waals surface area contributed by atoms with E-state index in [1.165, 1.54) is 27.9 Å². The number of para-hydroxylation sites is 2. The first kappa shape index (κ1) is 23.3. The Morgan fingerprint density at radius 3 is 2.33 bits per heavy atom. The van der Waals surface area contributed by atoms with Gasteiger partial charge in [-0.3, -0.25) is 4.90 Å². The van der Waals surface area contributed by atoms with Crippen molar-refractivity contribution in [2.75, 3.05) is 51.8 Å². The zero-order valence-corrected chi connectivity index (χ0v) is 20.1. The van der Waals surface area contributed by atoms with Gasteiger partial charge in [0.1, 0.15) is 12.4 Å². The van der Waals surface area contributed by atoms with Gasteiger partial charge in [0.2, 0.25) is 0 Å². The zero-order chi connectivity index (χ0) is 21.9. The fourth-order valence-corrected chi connectivity index (χ4v) is 4.83. The van der Waals surface area contributed by atoms with Crippen LogP contribution >= 0.6 is 12.4 Å². The quantitative estimate of drug-likeness (QED) is 0.508. The molecule has 1 saturated heterocycles. The van der Waals surface area contributed by atoms with Gasteiger partial charge in [-0.15, -0.1) is 12.4 Å². The Labute approximate surface area is 202 Å². The molecular weight excluding hydrogens is 436 g/mol. The van der Waals surface area contributed by atoms with Crippen LogP contribution < -0.4 is 19.1 Å². The summed E-state index contributed by atoms with van der Waals surface area (Å²) in [6, 6.07) is 21.1. The third-order valence-electron chi connectivity index (χ3n) is 6.58. The highest BCUT2D eigenvalue weighted by atomic mass is 35.5. The number of methoxy groups -OCH3 is 2. The number of piperazine rings is 1. The first-order valence-electron chi connectivity index (χ1n) is 11.3. The van der Waals surface area contributed by atoms with Crippen molar-refractivity contribution in [1.82, 2.24) is 4.90 Å². The first-order valence-corrected chi connectivity index (χ1v) is 11.3. The van der Waals surface area contributed by atoms with Crippen molar-refractivity contribution in [2.24, 2.45) is 0 Å². The van der Waals surface area contributed by atoms with Crippen LogP contribution in [0.4, 0.5) is 5.69 Å². The highest BCUT2D eigenvalue weighted by molar-refractivity contribution is 5.85. The Morgan fingerprint density at radius 1 is 0.818 bits per heavy atom. The molecule has 2 aliphatic heterocycles. The van der Waals surface area contributed by atoms with E-state index in [2.05, 4.69) is 52.3 Å². The molecule has 0 aliphatic carbocycles. The van der Waals surface area contributed by atoms with Crippen LogP contribution in [0.5, 0.6) is 17.2 Å². The largest absolute Gasteiger partial charge is 0.495 e. The van der Waals surface area contributed by atoms with Crippen LogP contribution in [0.2, 0.25) is 0 Å². The third kappa shape index (κ3) is 4.61. The lowest BCUT2D eigenvalue weighted by Crippen LogP contribution is -2.47. The molecule has 0 amide bonds. The van der Waals surface area contributed by atoms with E-state index in [1.54, 1.807) is 14.2 Å². The smallest absolute Gasteiger partial charge is 0.169 e. The highest BCUT2D eigenvalue weighted by Gasteiger charge is 2.25. The number of rotatable bonds is 6. The minimum Gasteiger partial charge on any atom is -0.495 e. The summed E-state index contributed by atoms with van der Waals surface area (Å²) in [6.45, 7) is 5.72. The predicted octanol–water partition coefficient (Wildman–Crippen LogP) is 5.05. The normalized spacial score (nSPS) is 15.0. The number of nitrogens with zero attached hydrogens (tertiary/aromatic N) is 2. The fourth-order valence-electron chi connectivity index (χ4n) is 4.83. The van der Waals surface area contributed by atoms with Crippen molar-refractivity contribution in [3.63, 3.8) is 0 Å². The van der Waals surface area contributed by atoms with Gasteiger partial charge in [-0.05, 0) is 41.3 Å². The number of anilines is 1. The summed E-state index contributed by atoms with van der Waals surface area (Å²) >= 11 is 0. The molecule has 6 heteroatoms. The second-order valence-corrected chi connectivity index (χ2v) is 8.33. The van der Waals surface area contributed by atoms with Gasteiger partial charge in [0.05, 0.1) is 19.9 Å². The first-order chi connectivity index (χ1) is 15.8. The van der Waals surface area contributed by atoms with Gasteiger partial charge in [-0.25, -0.2) is 0 Å². The lowest BCUT2D eigenvalue weighted by molar-refractivity contribution is 0.259. The molecule has 174 valence electrons. The summed E-state index contributed by atoms with van der Waals surface area (Å²) in [5.41, 5.74) is 6.20. The van der Waals surface area contributed by atoms with E-state index in [0.717, 1.165) is 56.4 Å². The maximum atomic E-state index is 6.13. The summed E-state index contributed by atoms with van der Waals surface area (Å²) in [5.74, 6) is 2.64. The Hall–Kier alpha value is -2.89. The molecule has 0 atom stereocenters. The average Bonchev–Trinajstić information content (AvgIpc) is 2.87. The highest BCUT2D eigenvalue weighted by Crippen LogP contribution is 2.45. The van der Waals surface area contributed by atoms with Crippen LogP contribution in [-0.2, 0) is 13.0 Å². The molecule has 3 aromatic rings. The van der Waals surface area contributed by atoms with Crippen LogP contribution in [0.15, 0.2) is 60.7 Å². The van der Waals surface area contributed by atoms with Gasteiger partial charge in [0, 0.05) is 38.3 Å². The van der Waals surface area contributed by atoms with Crippen molar-refractivity contribution in [3.05, 3.63) is 71.8 Å². The molecule has 0 spiro atoms. The molecule has 2 aliphatic rings. The van der Waals surface area contributed by atoms with Gasteiger partial charge < -0.3 is 19.1 Å². The van der Waals surface area contributed by atoms with E-state index in [-0.39, 0.29) is 12.4 Å². The lowest BCUT2D eigenvalue weighted by Gasteiger charge is -2.36. The monoisotopic (exact) mass is 466 g/mol. The van der Waals surface area contributed by atoms with Crippen molar-refractivity contribution < 1.29 is 14.2 Å². The van der Waals surface area contributed by atoms with E-state index in [1.807, 2.05) is 18.2 Å². The van der Waals surface area contributed by atoms with Gasteiger partial charge in [0.15, 0.2) is 11.5 Å². The van der Waals surface area contributed by atoms with Crippen molar-refractivity contribution in [2.45, 2.75) is 13.0 Å². The van der Waals surface area contributed by atoms with Gasteiger partial charge >= 0.3 is 0 Å². The Bertz CT molecular complexity index is 1100. The van der Waals surface area contributed by atoms with E-state index in [0.29, 0.717) is 6.61 Å². The average molecular weight is 467 g/mol. The number of halogens is 1. The summed E-state index contributed by atoms with van der Waals surface area (Å²) in [5, 5.41) is 0. The number of ether oxygens (including phenoxy) is 3. The van der Waals surface area contributed by atoms with Crippen LogP contribution in [-0.4, -0.2) is 51.8 Å². The summed E-state index contributed by atoms with van der Waals surface area (Å²) < 4.78 is 17.3. The minimum absolute atomic E-state index is 0. The SMILES string of the molecule is COc1ccccc1N1CCN(CCc2ccc(OC)c3c2-c2ccccc2CO3)CC1.Cl. The summed E-state index contributed by atoms with van der Waals surface area (Å²) in [6.07, 6.45) is 0.985. The second kappa shape index (κ2) is 10.4. The number of hydrogen-bond acceptors (Lipinski definition) is 5.